The molecular weight excluding hydrogens is 412 g/mol. The Hall–Kier alpha value is -3.20. The number of carbonyl (C=O) groups is 4. The number of hydrogen-bond donors (Lipinski definition) is 1. The van der Waals surface area contributed by atoms with E-state index in [9.17, 15) is 19.2 Å². The number of likely N-dealkylation sites (tertiary alicyclic amines) is 1. The molecule has 2 aliphatic heterocycles. The molecule has 4 rings (SSSR count). The van der Waals surface area contributed by atoms with Crippen molar-refractivity contribution in [3.05, 3.63) is 36.4 Å². The van der Waals surface area contributed by atoms with Crippen LogP contribution in [-0.4, -0.2) is 79.9 Å². The maximum absolute atomic E-state index is 12.6. The largest absolute Gasteiger partial charge is 0.378 e. The number of imide groups is 1. The number of amides is 4. The van der Waals surface area contributed by atoms with Gasteiger partial charge in [0, 0.05) is 31.5 Å². The topological polar surface area (TPSA) is 99.3 Å². The van der Waals surface area contributed by atoms with E-state index >= 15 is 0 Å². The van der Waals surface area contributed by atoms with Crippen LogP contribution in [-0.2, 0) is 23.9 Å². The molecule has 4 amide bonds. The maximum atomic E-state index is 12.6. The van der Waals surface area contributed by atoms with Gasteiger partial charge in [0.15, 0.2) is 0 Å². The smallest absolute Gasteiger partial charge is 0.243 e. The van der Waals surface area contributed by atoms with Crippen molar-refractivity contribution in [2.75, 3.05) is 56.7 Å². The first kappa shape index (κ1) is 22.0. The lowest BCUT2D eigenvalue weighted by Gasteiger charge is -2.29. The molecular formula is C23H28N4O5. The Morgan fingerprint density at radius 3 is 2.22 bits per heavy atom. The number of anilines is 2. The van der Waals surface area contributed by atoms with E-state index in [4.69, 9.17) is 4.74 Å². The number of ether oxygens (including phenoxy) is 1. The number of morpholine rings is 1. The van der Waals surface area contributed by atoms with Gasteiger partial charge in [0.2, 0.25) is 23.6 Å². The molecule has 9 heteroatoms. The van der Waals surface area contributed by atoms with Gasteiger partial charge in [0.1, 0.15) is 6.54 Å². The van der Waals surface area contributed by atoms with Crippen LogP contribution in [0.25, 0.3) is 0 Å². The fourth-order valence-corrected chi connectivity index (χ4v) is 4.36. The number of nitrogens with zero attached hydrogens (tertiary/aromatic N) is 3. The summed E-state index contributed by atoms with van der Waals surface area (Å²) in [5, 5.41) is 2.78. The number of carbonyl (C=O) groups excluding carboxylic acids is 4. The predicted molar refractivity (Wildman–Crippen MR) is 118 cm³/mol. The summed E-state index contributed by atoms with van der Waals surface area (Å²) >= 11 is 0. The molecule has 1 aromatic rings. The molecule has 1 aliphatic carbocycles. The van der Waals surface area contributed by atoms with Gasteiger partial charge in [-0.3, -0.25) is 24.1 Å². The van der Waals surface area contributed by atoms with Crippen LogP contribution in [0.4, 0.5) is 11.4 Å². The van der Waals surface area contributed by atoms with Crippen LogP contribution in [0.2, 0.25) is 0 Å². The third-order valence-corrected chi connectivity index (χ3v) is 6.23. The van der Waals surface area contributed by atoms with E-state index in [0.29, 0.717) is 31.7 Å². The van der Waals surface area contributed by atoms with Gasteiger partial charge in [-0.1, -0.05) is 12.2 Å². The Morgan fingerprint density at radius 1 is 1.03 bits per heavy atom. The fourth-order valence-electron chi connectivity index (χ4n) is 4.36. The number of likely N-dealkylation sites (N-methyl/N-ethyl adjacent to an activating group) is 1. The number of fused-ring (bicyclic) bond motifs is 1. The summed E-state index contributed by atoms with van der Waals surface area (Å²) in [5.74, 6) is -2.12. The zero-order chi connectivity index (χ0) is 22.7. The molecule has 170 valence electrons. The van der Waals surface area contributed by atoms with Gasteiger partial charge in [-0.2, -0.15) is 0 Å². The van der Waals surface area contributed by atoms with Gasteiger partial charge in [-0.15, -0.1) is 0 Å². The highest BCUT2D eigenvalue weighted by atomic mass is 16.5. The molecule has 2 atom stereocenters. The van der Waals surface area contributed by atoms with Crippen molar-refractivity contribution in [2.45, 2.75) is 12.8 Å². The van der Waals surface area contributed by atoms with E-state index in [1.807, 2.05) is 36.4 Å². The maximum Gasteiger partial charge on any atom is 0.243 e. The molecule has 9 nitrogen and oxygen atoms in total. The lowest BCUT2D eigenvalue weighted by molar-refractivity contribution is -0.146. The van der Waals surface area contributed by atoms with Crippen LogP contribution in [0.1, 0.15) is 12.8 Å². The Labute approximate surface area is 187 Å². The molecule has 1 aromatic carbocycles. The van der Waals surface area contributed by atoms with E-state index in [1.54, 1.807) is 0 Å². The number of nitrogens with one attached hydrogen (secondary N) is 1. The molecule has 2 heterocycles. The first-order valence-corrected chi connectivity index (χ1v) is 10.9. The minimum absolute atomic E-state index is 0.172. The summed E-state index contributed by atoms with van der Waals surface area (Å²) in [6.45, 7) is 2.56. The molecule has 2 unspecified atom stereocenters. The molecule has 3 aliphatic rings. The molecule has 0 radical (unpaired) electrons. The third kappa shape index (κ3) is 4.67. The lowest BCUT2D eigenvalue weighted by atomic mass is 9.85. The summed E-state index contributed by atoms with van der Waals surface area (Å²) < 4.78 is 5.36. The van der Waals surface area contributed by atoms with Crippen molar-refractivity contribution in [3.8, 4) is 0 Å². The standard InChI is InChI=1S/C23H28N4O5/c1-25(21(29)15-27-22(30)18-4-2-3-5-19(18)23(27)31)14-20(28)24-16-6-8-17(9-7-16)26-10-12-32-13-11-26/h2-3,6-9,18-19H,4-5,10-15H2,1H3,(H,24,28). The Morgan fingerprint density at radius 2 is 1.62 bits per heavy atom. The normalized spacial score (nSPS) is 22.7. The second kappa shape index (κ2) is 9.52. The zero-order valence-electron chi connectivity index (χ0n) is 18.2. The number of rotatable bonds is 6. The van der Waals surface area contributed by atoms with E-state index in [2.05, 4.69) is 10.2 Å². The lowest BCUT2D eigenvalue weighted by Crippen LogP contribution is -2.44. The van der Waals surface area contributed by atoms with E-state index in [-0.39, 0.29) is 42.6 Å². The average molecular weight is 441 g/mol. The summed E-state index contributed by atoms with van der Waals surface area (Å²) in [4.78, 5) is 54.5. The molecule has 0 spiro atoms. The van der Waals surface area contributed by atoms with E-state index in [0.717, 1.165) is 23.7 Å². The Balaban J connectivity index is 1.27. The molecule has 2 saturated heterocycles. The second-order valence-electron chi connectivity index (χ2n) is 8.36. The second-order valence-corrected chi connectivity index (χ2v) is 8.36. The van der Waals surface area contributed by atoms with Crippen molar-refractivity contribution in [2.24, 2.45) is 11.8 Å². The van der Waals surface area contributed by atoms with Crippen LogP contribution < -0.4 is 10.2 Å². The van der Waals surface area contributed by atoms with Crippen molar-refractivity contribution in [1.82, 2.24) is 9.80 Å². The summed E-state index contributed by atoms with van der Waals surface area (Å²) in [6, 6.07) is 7.52. The van der Waals surface area contributed by atoms with Crippen molar-refractivity contribution in [1.29, 1.82) is 0 Å². The van der Waals surface area contributed by atoms with Crippen LogP contribution in [0.15, 0.2) is 36.4 Å². The first-order chi connectivity index (χ1) is 15.4. The summed E-state index contributed by atoms with van der Waals surface area (Å²) in [7, 11) is 1.49. The highest BCUT2D eigenvalue weighted by Gasteiger charge is 2.47. The molecule has 2 fully saturated rings. The Kier molecular flexibility index (Phi) is 6.55. The quantitative estimate of drug-likeness (QED) is 0.521. The molecule has 1 N–H and O–H groups in total. The summed E-state index contributed by atoms with van der Waals surface area (Å²) in [6.07, 6.45) is 4.87. The first-order valence-electron chi connectivity index (χ1n) is 10.9. The number of benzene rings is 1. The molecule has 0 bridgehead atoms. The minimum atomic E-state index is -0.448. The van der Waals surface area contributed by atoms with Gasteiger partial charge >= 0.3 is 0 Å². The Bertz CT molecular complexity index is 897. The van der Waals surface area contributed by atoms with Crippen LogP contribution in [0, 0.1) is 11.8 Å². The van der Waals surface area contributed by atoms with Crippen LogP contribution >= 0.6 is 0 Å². The van der Waals surface area contributed by atoms with Gasteiger partial charge in [0.25, 0.3) is 0 Å². The summed E-state index contributed by atoms with van der Waals surface area (Å²) in [5.41, 5.74) is 1.70. The molecule has 32 heavy (non-hydrogen) atoms. The SMILES string of the molecule is CN(CC(=O)Nc1ccc(N2CCOCC2)cc1)C(=O)CN1C(=O)C2CC=CCC2C1=O. The monoisotopic (exact) mass is 440 g/mol. The zero-order valence-corrected chi connectivity index (χ0v) is 18.2. The fraction of sp³-hybridized carbons (Fsp3) is 0.478. The van der Waals surface area contributed by atoms with Gasteiger partial charge in [-0.25, -0.2) is 0 Å². The average Bonchev–Trinajstić information content (AvgIpc) is 3.05. The van der Waals surface area contributed by atoms with Crippen LogP contribution in [0.5, 0.6) is 0 Å². The van der Waals surface area contributed by atoms with Gasteiger partial charge in [-0.05, 0) is 37.1 Å². The van der Waals surface area contributed by atoms with Crippen molar-refractivity contribution < 1.29 is 23.9 Å². The highest BCUT2D eigenvalue weighted by molar-refractivity contribution is 6.07. The van der Waals surface area contributed by atoms with E-state index < -0.39 is 5.91 Å². The van der Waals surface area contributed by atoms with Gasteiger partial charge in [0.05, 0.1) is 31.6 Å². The van der Waals surface area contributed by atoms with Crippen molar-refractivity contribution in [3.63, 3.8) is 0 Å². The van der Waals surface area contributed by atoms with Crippen molar-refractivity contribution >= 4 is 35.0 Å². The van der Waals surface area contributed by atoms with Gasteiger partial charge < -0.3 is 19.9 Å². The number of allylic oxidation sites excluding steroid dienone is 2. The van der Waals surface area contributed by atoms with E-state index in [1.165, 1.54) is 11.9 Å². The predicted octanol–water partition coefficient (Wildman–Crippen LogP) is 0.871. The van der Waals surface area contributed by atoms with Crippen LogP contribution in [0.3, 0.4) is 0 Å². The molecule has 0 saturated carbocycles. The number of hydrogen-bond acceptors (Lipinski definition) is 6. The molecule has 0 aromatic heterocycles. The highest BCUT2D eigenvalue weighted by Crippen LogP contribution is 2.34. The minimum Gasteiger partial charge on any atom is -0.378 e. The third-order valence-electron chi connectivity index (χ3n) is 6.23.